The molecule has 5 nitrogen and oxygen atoms in total. The van der Waals surface area contributed by atoms with E-state index < -0.39 is 10.0 Å². The fourth-order valence-corrected chi connectivity index (χ4v) is 6.34. The number of amides is 1. The Hall–Kier alpha value is -1.25. The van der Waals surface area contributed by atoms with E-state index in [1.165, 1.54) is 16.4 Å². The number of hydrogen-bond donors (Lipinski definition) is 0. The number of carbonyl (C=O) groups excluding carboxylic acids is 1. The van der Waals surface area contributed by atoms with E-state index in [2.05, 4.69) is 0 Å². The van der Waals surface area contributed by atoms with Gasteiger partial charge in [0.2, 0.25) is 15.9 Å². The van der Waals surface area contributed by atoms with E-state index in [4.69, 9.17) is 23.2 Å². The third kappa shape index (κ3) is 5.02. The molecule has 2 aromatic carbocycles. The predicted octanol–water partition coefficient (Wildman–Crippen LogP) is 4.01. The molecular formula is C19H20Cl2N2O3S2. The SMILES string of the molecule is O=C(CCSc1ccccc1)N1CCN(S(=O)(=O)c2c(Cl)cccc2Cl)CC1. The number of hydrogen-bond acceptors (Lipinski definition) is 4. The van der Waals surface area contributed by atoms with Crippen LogP contribution in [0, 0.1) is 0 Å². The first-order valence-corrected chi connectivity index (χ1v) is 12.0. The second-order valence-electron chi connectivity index (χ2n) is 6.25. The molecule has 1 aliphatic heterocycles. The largest absolute Gasteiger partial charge is 0.340 e. The summed E-state index contributed by atoms with van der Waals surface area (Å²) in [7, 11) is -3.80. The number of sulfonamides is 1. The molecule has 1 fully saturated rings. The maximum Gasteiger partial charge on any atom is 0.246 e. The number of rotatable bonds is 6. The molecule has 1 aliphatic rings. The smallest absolute Gasteiger partial charge is 0.246 e. The van der Waals surface area contributed by atoms with Crippen LogP contribution in [-0.4, -0.2) is 55.5 Å². The van der Waals surface area contributed by atoms with Crippen molar-refractivity contribution in [3.05, 3.63) is 58.6 Å². The fraction of sp³-hybridized carbons (Fsp3) is 0.316. The summed E-state index contributed by atoms with van der Waals surface area (Å²) in [6, 6.07) is 14.5. The normalized spacial score (nSPS) is 15.6. The predicted molar refractivity (Wildman–Crippen MR) is 114 cm³/mol. The van der Waals surface area contributed by atoms with Gasteiger partial charge in [-0.2, -0.15) is 4.31 Å². The topological polar surface area (TPSA) is 57.7 Å². The van der Waals surface area contributed by atoms with E-state index in [0.717, 1.165) is 4.90 Å². The summed E-state index contributed by atoms with van der Waals surface area (Å²) in [5.41, 5.74) is 0. The molecule has 1 heterocycles. The molecule has 0 aliphatic carbocycles. The van der Waals surface area contributed by atoms with Crippen LogP contribution in [0.2, 0.25) is 10.0 Å². The van der Waals surface area contributed by atoms with Crippen LogP contribution in [-0.2, 0) is 14.8 Å². The lowest BCUT2D eigenvalue weighted by Gasteiger charge is -2.34. The highest BCUT2D eigenvalue weighted by molar-refractivity contribution is 7.99. The summed E-state index contributed by atoms with van der Waals surface area (Å²) < 4.78 is 27.1. The van der Waals surface area contributed by atoms with Crippen molar-refractivity contribution in [1.82, 2.24) is 9.21 Å². The zero-order valence-electron chi connectivity index (χ0n) is 15.1. The standard InChI is InChI=1S/C19H20Cl2N2O3S2/c20-16-7-4-8-17(21)19(16)28(25,26)23-12-10-22(11-13-23)18(24)9-14-27-15-5-2-1-3-6-15/h1-8H,9-14H2. The lowest BCUT2D eigenvalue weighted by atomic mass is 10.3. The van der Waals surface area contributed by atoms with Gasteiger partial charge in [-0.1, -0.05) is 47.5 Å². The van der Waals surface area contributed by atoms with Crippen molar-refractivity contribution >= 4 is 50.9 Å². The molecule has 3 rings (SSSR count). The molecule has 9 heteroatoms. The highest BCUT2D eigenvalue weighted by atomic mass is 35.5. The third-order valence-electron chi connectivity index (χ3n) is 4.44. The molecule has 0 atom stereocenters. The first kappa shape index (κ1) is 21.5. The summed E-state index contributed by atoms with van der Waals surface area (Å²) in [6.45, 7) is 1.16. The molecule has 0 aromatic heterocycles. The Morgan fingerprint density at radius 2 is 1.54 bits per heavy atom. The minimum absolute atomic E-state index is 0.0382. The maximum atomic E-state index is 12.9. The molecule has 0 unspecified atom stereocenters. The molecule has 28 heavy (non-hydrogen) atoms. The molecule has 2 aromatic rings. The average molecular weight is 459 g/mol. The van der Waals surface area contributed by atoms with Crippen LogP contribution in [0.25, 0.3) is 0 Å². The first-order chi connectivity index (χ1) is 13.4. The lowest BCUT2D eigenvalue weighted by molar-refractivity contribution is -0.131. The van der Waals surface area contributed by atoms with Crippen LogP contribution in [0.3, 0.4) is 0 Å². The van der Waals surface area contributed by atoms with Gasteiger partial charge in [0.05, 0.1) is 10.0 Å². The minimum atomic E-state index is -3.80. The number of carbonyl (C=O) groups is 1. The highest BCUT2D eigenvalue weighted by Crippen LogP contribution is 2.32. The van der Waals surface area contributed by atoms with Crippen molar-refractivity contribution in [1.29, 1.82) is 0 Å². The monoisotopic (exact) mass is 458 g/mol. The van der Waals surface area contributed by atoms with Gasteiger partial charge in [0.15, 0.2) is 0 Å². The van der Waals surface area contributed by atoms with Gasteiger partial charge >= 0.3 is 0 Å². The van der Waals surface area contributed by atoms with Gasteiger partial charge in [0, 0.05) is 43.2 Å². The molecule has 0 saturated carbocycles. The fourth-order valence-electron chi connectivity index (χ4n) is 2.97. The van der Waals surface area contributed by atoms with Crippen molar-refractivity contribution in [2.24, 2.45) is 0 Å². The Kier molecular flexibility index (Phi) is 7.28. The lowest BCUT2D eigenvalue weighted by Crippen LogP contribution is -2.50. The molecule has 0 radical (unpaired) electrons. The summed E-state index contributed by atoms with van der Waals surface area (Å²) in [6.07, 6.45) is 0.419. The van der Waals surface area contributed by atoms with Gasteiger partial charge in [-0.05, 0) is 24.3 Å². The van der Waals surface area contributed by atoms with Gasteiger partial charge in [-0.15, -0.1) is 11.8 Å². The quantitative estimate of drug-likeness (QED) is 0.613. The Morgan fingerprint density at radius 3 is 2.14 bits per heavy atom. The summed E-state index contributed by atoms with van der Waals surface area (Å²) in [4.78, 5) is 15.2. The van der Waals surface area contributed by atoms with Crippen molar-refractivity contribution in [2.75, 3.05) is 31.9 Å². The van der Waals surface area contributed by atoms with Gasteiger partial charge in [-0.3, -0.25) is 4.79 Å². The Morgan fingerprint density at radius 1 is 0.929 bits per heavy atom. The van der Waals surface area contributed by atoms with Gasteiger partial charge < -0.3 is 4.90 Å². The highest BCUT2D eigenvalue weighted by Gasteiger charge is 2.32. The molecule has 1 amide bonds. The van der Waals surface area contributed by atoms with E-state index in [-0.39, 0.29) is 33.9 Å². The number of piperazine rings is 1. The van der Waals surface area contributed by atoms with Crippen LogP contribution >= 0.6 is 35.0 Å². The van der Waals surface area contributed by atoms with Crippen LogP contribution in [0.1, 0.15) is 6.42 Å². The van der Waals surface area contributed by atoms with Crippen molar-refractivity contribution < 1.29 is 13.2 Å². The number of nitrogens with zero attached hydrogens (tertiary/aromatic N) is 2. The van der Waals surface area contributed by atoms with E-state index >= 15 is 0 Å². The summed E-state index contributed by atoms with van der Waals surface area (Å²) >= 11 is 13.8. The molecular weight excluding hydrogens is 439 g/mol. The molecule has 150 valence electrons. The van der Waals surface area contributed by atoms with E-state index in [1.54, 1.807) is 22.7 Å². The zero-order chi connectivity index (χ0) is 20.1. The Balaban J connectivity index is 1.54. The van der Waals surface area contributed by atoms with Gasteiger partial charge in [0.1, 0.15) is 4.90 Å². The number of benzene rings is 2. The van der Waals surface area contributed by atoms with Crippen LogP contribution in [0.15, 0.2) is 58.3 Å². The summed E-state index contributed by atoms with van der Waals surface area (Å²) in [5, 5.41) is 0.202. The van der Waals surface area contributed by atoms with Gasteiger partial charge in [0.25, 0.3) is 0 Å². The summed E-state index contributed by atoms with van der Waals surface area (Å²) in [5.74, 6) is 0.729. The number of halogens is 2. The molecule has 0 N–H and O–H groups in total. The maximum absolute atomic E-state index is 12.9. The minimum Gasteiger partial charge on any atom is -0.340 e. The Bertz CT molecular complexity index is 911. The van der Waals surface area contributed by atoms with E-state index in [1.807, 2.05) is 30.3 Å². The first-order valence-electron chi connectivity index (χ1n) is 8.79. The molecule has 1 saturated heterocycles. The van der Waals surface area contributed by atoms with Crippen LogP contribution in [0.5, 0.6) is 0 Å². The Labute approximate surface area is 179 Å². The molecule has 0 bridgehead atoms. The van der Waals surface area contributed by atoms with Crippen LogP contribution < -0.4 is 0 Å². The van der Waals surface area contributed by atoms with Crippen LogP contribution in [0.4, 0.5) is 0 Å². The third-order valence-corrected chi connectivity index (χ3v) is 8.30. The number of thioether (sulfide) groups is 1. The van der Waals surface area contributed by atoms with Crippen molar-refractivity contribution in [3.8, 4) is 0 Å². The second kappa shape index (κ2) is 9.50. The van der Waals surface area contributed by atoms with Crippen molar-refractivity contribution in [3.63, 3.8) is 0 Å². The van der Waals surface area contributed by atoms with E-state index in [0.29, 0.717) is 25.3 Å². The van der Waals surface area contributed by atoms with E-state index in [9.17, 15) is 13.2 Å². The average Bonchev–Trinajstić information content (AvgIpc) is 2.68. The zero-order valence-corrected chi connectivity index (χ0v) is 18.2. The molecule has 0 spiro atoms. The van der Waals surface area contributed by atoms with Gasteiger partial charge in [-0.25, -0.2) is 8.42 Å². The van der Waals surface area contributed by atoms with Crippen molar-refractivity contribution in [2.45, 2.75) is 16.2 Å². The second-order valence-corrected chi connectivity index (χ2v) is 10.1.